The molecule has 0 spiro atoms. The molecule has 1 aliphatic rings. The molecule has 0 aromatic heterocycles. The average molecular weight is 288 g/mol. The quantitative estimate of drug-likeness (QED) is 0.881. The van der Waals surface area contributed by atoms with Crippen molar-refractivity contribution < 1.29 is 22.7 Å². The van der Waals surface area contributed by atoms with E-state index in [4.69, 9.17) is 10.5 Å². The van der Waals surface area contributed by atoms with Crippen LogP contribution in [0.2, 0.25) is 0 Å². The fourth-order valence-corrected chi connectivity index (χ4v) is 2.02. The molecule has 1 aromatic carbocycles. The van der Waals surface area contributed by atoms with Crippen LogP contribution >= 0.6 is 0 Å². The standard InChI is InChI=1S/C13H15F3N2O2/c14-13(15,16)9-3-1-2-8(4-9)5-18-12(19)10-6-20-7-11(10)17/h1-4,10-11H,5-7,17H2,(H,18,19). The summed E-state index contributed by atoms with van der Waals surface area (Å²) in [6.45, 7) is 0.600. The first-order valence-corrected chi connectivity index (χ1v) is 6.15. The van der Waals surface area contributed by atoms with Crippen molar-refractivity contribution in [2.24, 2.45) is 11.7 Å². The highest BCUT2D eigenvalue weighted by Gasteiger charge is 2.32. The Balaban J connectivity index is 1.95. The molecule has 0 radical (unpaired) electrons. The minimum Gasteiger partial charge on any atom is -0.379 e. The summed E-state index contributed by atoms with van der Waals surface area (Å²) < 4.78 is 42.7. The second kappa shape index (κ2) is 5.80. The van der Waals surface area contributed by atoms with Gasteiger partial charge in [0, 0.05) is 12.6 Å². The minimum absolute atomic E-state index is 0.0337. The van der Waals surface area contributed by atoms with Gasteiger partial charge >= 0.3 is 6.18 Å². The third-order valence-corrected chi connectivity index (χ3v) is 3.18. The van der Waals surface area contributed by atoms with Gasteiger partial charge < -0.3 is 15.8 Å². The van der Waals surface area contributed by atoms with Crippen LogP contribution in [0, 0.1) is 5.92 Å². The third kappa shape index (κ3) is 3.49. The maximum Gasteiger partial charge on any atom is 0.416 e. The second-order valence-corrected chi connectivity index (χ2v) is 4.72. The average Bonchev–Trinajstić information content (AvgIpc) is 2.82. The summed E-state index contributed by atoms with van der Waals surface area (Å²) in [4.78, 5) is 11.8. The number of halogens is 3. The first-order valence-electron chi connectivity index (χ1n) is 6.15. The van der Waals surface area contributed by atoms with Crippen molar-refractivity contribution in [1.29, 1.82) is 0 Å². The molecular formula is C13H15F3N2O2. The van der Waals surface area contributed by atoms with E-state index in [1.54, 1.807) is 0 Å². The number of alkyl halides is 3. The minimum atomic E-state index is -4.39. The number of rotatable bonds is 3. The van der Waals surface area contributed by atoms with Crippen molar-refractivity contribution in [2.45, 2.75) is 18.8 Å². The van der Waals surface area contributed by atoms with Gasteiger partial charge in [0.05, 0.1) is 24.7 Å². The maximum atomic E-state index is 12.5. The van der Waals surface area contributed by atoms with Crippen LogP contribution in [0.25, 0.3) is 0 Å². The molecule has 7 heteroatoms. The van der Waals surface area contributed by atoms with Crippen molar-refractivity contribution in [2.75, 3.05) is 13.2 Å². The Morgan fingerprint density at radius 2 is 2.15 bits per heavy atom. The van der Waals surface area contributed by atoms with Gasteiger partial charge in [0.25, 0.3) is 0 Å². The predicted molar refractivity (Wildman–Crippen MR) is 65.6 cm³/mol. The monoisotopic (exact) mass is 288 g/mol. The van der Waals surface area contributed by atoms with E-state index in [9.17, 15) is 18.0 Å². The molecule has 0 aliphatic carbocycles. The number of nitrogens with one attached hydrogen (secondary N) is 1. The number of benzene rings is 1. The number of ether oxygens (including phenoxy) is 1. The van der Waals surface area contributed by atoms with Crippen molar-refractivity contribution in [3.63, 3.8) is 0 Å². The Kier molecular flexibility index (Phi) is 4.29. The highest BCUT2D eigenvalue weighted by atomic mass is 19.4. The molecule has 1 aromatic rings. The van der Waals surface area contributed by atoms with Gasteiger partial charge in [-0.25, -0.2) is 0 Å². The van der Waals surface area contributed by atoms with Crippen molar-refractivity contribution in [3.05, 3.63) is 35.4 Å². The first kappa shape index (κ1) is 14.8. The van der Waals surface area contributed by atoms with Gasteiger partial charge in [-0.3, -0.25) is 4.79 Å². The summed E-state index contributed by atoms with van der Waals surface area (Å²) >= 11 is 0. The molecule has 0 bridgehead atoms. The summed E-state index contributed by atoms with van der Waals surface area (Å²) in [5.41, 5.74) is 5.35. The Morgan fingerprint density at radius 3 is 2.75 bits per heavy atom. The zero-order valence-corrected chi connectivity index (χ0v) is 10.6. The summed E-state index contributed by atoms with van der Waals surface area (Å²) in [7, 11) is 0. The lowest BCUT2D eigenvalue weighted by atomic mass is 10.0. The molecule has 1 aliphatic heterocycles. The van der Waals surface area contributed by atoms with E-state index in [0.717, 1.165) is 12.1 Å². The van der Waals surface area contributed by atoms with Gasteiger partial charge in [-0.2, -0.15) is 13.2 Å². The van der Waals surface area contributed by atoms with Gasteiger partial charge in [0.2, 0.25) is 5.91 Å². The molecule has 1 amide bonds. The van der Waals surface area contributed by atoms with Crippen LogP contribution in [0.15, 0.2) is 24.3 Å². The zero-order chi connectivity index (χ0) is 14.8. The third-order valence-electron chi connectivity index (χ3n) is 3.18. The van der Waals surface area contributed by atoms with E-state index in [0.29, 0.717) is 12.2 Å². The van der Waals surface area contributed by atoms with Crippen molar-refractivity contribution in [1.82, 2.24) is 5.32 Å². The Bertz CT molecular complexity index is 491. The van der Waals surface area contributed by atoms with E-state index in [-0.39, 0.29) is 25.1 Å². The number of nitrogens with two attached hydrogens (primary N) is 1. The normalized spacial score (nSPS) is 22.8. The Hall–Kier alpha value is -1.60. The number of hydrogen-bond donors (Lipinski definition) is 2. The lowest BCUT2D eigenvalue weighted by Gasteiger charge is -2.14. The molecule has 1 saturated heterocycles. The smallest absolute Gasteiger partial charge is 0.379 e. The van der Waals surface area contributed by atoms with Crippen LogP contribution in [-0.4, -0.2) is 25.2 Å². The lowest BCUT2D eigenvalue weighted by Crippen LogP contribution is -2.40. The zero-order valence-electron chi connectivity index (χ0n) is 10.6. The number of carbonyl (C=O) groups is 1. The van der Waals surface area contributed by atoms with E-state index in [1.807, 2.05) is 0 Å². The molecule has 2 rings (SSSR count). The van der Waals surface area contributed by atoms with Crippen molar-refractivity contribution >= 4 is 5.91 Å². The Morgan fingerprint density at radius 1 is 1.40 bits per heavy atom. The molecule has 2 atom stereocenters. The van der Waals surface area contributed by atoms with Crippen LogP contribution in [0.1, 0.15) is 11.1 Å². The number of amides is 1. The highest BCUT2D eigenvalue weighted by molar-refractivity contribution is 5.79. The maximum absolute atomic E-state index is 12.5. The highest BCUT2D eigenvalue weighted by Crippen LogP contribution is 2.29. The number of hydrogen-bond acceptors (Lipinski definition) is 3. The van der Waals surface area contributed by atoms with Gasteiger partial charge in [0.15, 0.2) is 0 Å². The first-order chi connectivity index (χ1) is 9.38. The summed E-state index contributed by atoms with van der Waals surface area (Å²) in [6.07, 6.45) is -4.39. The molecule has 3 N–H and O–H groups in total. The van der Waals surface area contributed by atoms with Crippen LogP contribution in [0.5, 0.6) is 0 Å². The Labute approximate surface area is 114 Å². The van der Waals surface area contributed by atoms with Gasteiger partial charge in [-0.05, 0) is 17.7 Å². The van der Waals surface area contributed by atoms with Crippen LogP contribution < -0.4 is 11.1 Å². The summed E-state index contributed by atoms with van der Waals surface area (Å²) in [5.74, 6) is -0.742. The molecular weight excluding hydrogens is 273 g/mol. The van der Waals surface area contributed by atoms with Crippen molar-refractivity contribution in [3.8, 4) is 0 Å². The van der Waals surface area contributed by atoms with Crippen LogP contribution in [-0.2, 0) is 22.3 Å². The van der Waals surface area contributed by atoms with E-state index in [1.165, 1.54) is 12.1 Å². The largest absolute Gasteiger partial charge is 0.416 e. The molecule has 20 heavy (non-hydrogen) atoms. The predicted octanol–water partition coefficient (Wildman–Crippen LogP) is 1.30. The van der Waals surface area contributed by atoms with E-state index < -0.39 is 17.7 Å². The van der Waals surface area contributed by atoms with Gasteiger partial charge in [-0.15, -0.1) is 0 Å². The fraction of sp³-hybridized carbons (Fsp3) is 0.462. The van der Waals surface area contributed by atoms with Gasteiger partial charge in [-0.1, -0.05) is 12.1 Å². The lowest BCUT2D eigenvalue weighted by molar-refractivity contribution is -0.137. The summed E-state index contributed by atoms with van der Waals surface area (Å²) in [6, 6.07) is 4.49. The fourth-order valence-electron chi connectivity index (χ4n) is 2.02. The molecule has 4 nitrogen and oxygen atoms in total. The molecule has 2 unspecified atom stereocenters. The molecule has 110 valence electrons. The molecule has 0 saturated carbocycles. The SMILES string of the molecule is NC1COCC1C(=O)NCc1cccc(C(F)(F)F)c1. The van der Waals surface area contributed by atoms with E-state index in [2.05, 4.69) is 5.32 Å². The second-order valence-electron chi connectivity index (χ2n) is 4.72. The van der Waals surface area contributed by atoms with Crippen LogP contribution in [0.3, 0.4) is 0 Å². The van der Waals surface area contributed by atoms with Crippen LogP contribution in [0.4, 0.5) is 13.2 Å². The molecule has 1 heterocycles. The topological polar surface area (TPSA) is 64.3 Å². The molecule has 1 fully saturated rings. The van der Waals surface area contributed by atoms with E-state index >= 15 is 0 Å². The summed E-state index contributed by atoms with van der Waals surface area (Å²) in [5, 5.41) is 2.58. The number of carbonyl (C=O) groups excluding carboxylic acids is 1. The van der Waals surface area contributed by atoms with Gasteiger partial charge in [0.1, 0.15) is 0 Å².